The molecule has 1 unspecified atom stereocenters. The number of aromatic nitrogens is 2. The fourth-order valence-corrected chi connectivity index (χ4v) is 2.64. The molecule has 1 aromatic carbocycles. The summed E-state index contributed by atoms with van der Waals surface area (Å²) in [5, 5.41) is 5.74. The molecule has 1 atom stereocenters. The van der Waals surface area contributed by atoms with Crippen LogP contribution in [0.25, 0.3) is 0 Å². The molecule has 0 aliphatic heterocycles. The van der Waals surface area contributed by atoms with Crippen molar-refractivity contribution in [3.8, 4) is 0 Å². The van der Waals surface area contributed by atoms with Crippen LogP contribution < -0.4 is 5.73 Å². The molecular formula is C14H17Cl2N3. The number of hydrogen-bond acceptors (Lipinski definition) is 2. The Balaban J connectivity index is 2.07. The van der Waals surface area contributed by atoms with Gasteiger partial charge in [0.2, 0.25) is 0 Å². The molecule has 0 radical (unpaired) electrons. The van der Waals surface area contributed by atoms with Crippen molar-refractivity contribution < 1.29 is 0 Å². The van der Waals surface area contributed by atoms with Gasteiger partial charge in [0.15, 0.2) is 0 Å². The first-order valence-electron chi connectivity index (χ1n) is 6.15. The van der Waals surface area contributed by atoms with Gasteiger partial charge in [-0.05, 0) is 31.0 Å². The van der Waals surface area contributed by atoms with E-state index in [4.69, 9.17) is 28.9 Å². The molecule has 1 heterocycles. The molecule has 5 heteroatoms. The summed E-state index contributed by atoms with van der Waals surface area (Å²) in [7, 11) is 1.89. The van der Waals surface area contributed by atoms with Crippen LogP contribution in [0.4, 0.5) is 0 Å². The monoisotopic (exact) mass is 297 g/mol. The van der Waals surface area contributed by atoms with Crippen molar-refractivity contribution in [1.29, 1.82) is 0 Å². The van der Waals surface area contributed by atoms with Crippen molar-refractivity contribution in [1.82, 2.24) is 9.78 Å². The molecule has 0 fully saturated rings. The Kier molecular flexibility index (Phi) is 4.50. The number of hydrogen-bond donors (Lipinski definition) is 1. The molecule has 0 aliphatic rings. The lowest BCUT2D eigenvalue weighted by atomic mass is 10.0. The number of halogens is 2. The highest BCUT2D eigenvalue weighted by Crippen LogP contribution is 2.21. The predicted molar refractivity (Wildman–Crippen MR) is 79.8 cm³/mol. The van der Waals surface area contributed by atoms with E-state index < -0.39 is 0 Å². The van der Waals surface area contributed by atoms with Gasteiger partial charge in [0.05, 0.1) is 16.4 Å². The largest absolute Gasteiger partial charge is 0.327 e. The zero-order chi connectivity index (χ0) is 14.0. The van der Waals surface area contributed by atoms with E-state index in [-0.39, 0.29) is 6.04 Å². The zero-order valence-corrected chi connectivity index (χ0v) is 12.5. The number of rotatable bonds is 4. The van der Waals surface area contributed by atoms with Crippen molar-refractivity contribution in [3.63, 3.8) is 0 Å². The summed E-state index contributed by atoms with van der Waals surface area (Å²) in [4.78, 5) is 0. The van der Waals surface area contributed by atoms with E-state index in [9.17, 15) is 0 Å². The minimum absolute atomic E-state index is 0.00855. The van der Waals surface area contributed by atoms with Crippen LogP contribution in [0, 0.1) is 6.92 Å². The third-order valence-corrected chi connectivity index (χ3v) is 3.83. The Morgan fingerprint density at radius 3 is 2.63 bits per heavy atom. The summed E-state index contributed by atoms with van der Waals surface area (Å²) < 4.78 is 1.80. The molecule has 2 rings (SSSR count). The molecule has 0 aliphatic carbocycles. The van der Waals surface area contributed by atoms with Crippen LogP contribution in [0.3, 0.4) is 0 Å². The second kappa shape index (κ2) is 5.95. The Labute approximate surface area is 123 Å². The maximum atomic E-state index is 6.23. The second-order valence-corrected chi connectivity index (χ2v) is 5.58. The first-order valence-corrected chi connectivity index (χ1v) is 6.91. The van der Waals surface area contributed by atoms with Crippen LogP contribution in [0.2, 0.25) is 10.0 Å². The molecule has 102 valence electrons. The third-order valence-electron chi connectivity index (χ3n) is 3.10. The van der Waals surface area contributed by atoms with Gasteiger partial charge in [0.25, 0.3) is 0 Å². The molecule has 0 amide bonds. The lowest BCUT2D eigenvalue weighted by Gasteiger charge is -2.12. The van der Waals surface area contributed by atoms with Crippen LogP contribution in [-0.4, -0.2) is 15.8 Å². The summed E-state index contributed by atoms with van der Waals surface area (Å²) in [6, 6.07) is 7.76. The highest BCUT2D eigenvalue weighted by atomic mass is 35.5. The van der Waals surface area contributed by atoms with Gasteiger partial charge in [0.1, 0.15) is 0 Å². The lowest BCUT2D eigenvalue weighted by molar-refractivity contribution is 0.612. The van der Waals surface area contributed by atoms with E-state index in [2.05, 4.69) is 5.10 Å². The van der Waals surface area contributed by atoms with Crippen molar-refractivity contribution in [3.05, 3.63) is 51.3 Å². The van der Waals surface area contributed by atoms with Crippen molar-refractivity contribution in [2.45, 2.75) is 25.8 Å². The summed E-state index contributed by atoms with van der Waals surface area (Å²) in [5.41, 5.74) is 9.15. The van der Waals surface area contributed by atoms with Gasteiger partial charge < -0.3 is 5.73 Å². The fraction of sp³-hybridized carbons (Fsp3) is 0.357. The van der Waals surface area contributed by atoms with Crippen molar-refractivity contribution >= 4 is 23.2 Å². The van der Waals surface area contributed by atoms with Crippen molar-refractivity contribution in [2.24, 2.45) is 12.8 Å². The summed E-state index contributed by atoms with van der Waals surface area (Å²) in [5.74, 6) is 0. The van der Waals surface area contributed by atoms with Gasteiger partial charge in [-0.1, -0.05) is 35.3 Å². The molecule has 0 bridgehead atoms. The summed E-state index contributed by atoms with van der Waals surface area (Å²) >= 11 is 12.2. The van der Waals surface area contributed by atoms with Gasteiger partial charge in [0, 0.05) is 24.5 Å². The molecule has 2 N–H and O–H groups in total. The first kappa shape index (κ1) is 14.4. The molecule has 0 saturated carbocycles. The highest BCUT2D eigenvalue weighted by molar-refractivity contribution is 6.31. The maximum Gasteiger partial charge on any atom is 0.0847 e. The minimum Gasteiger partial charge on any atom is -0.327 e. The Bertz CT molecular complexity index is 578. The molecule has 0 spiro atoms. The van der Waals surface area contributed by atoms with E-state index in [1.54, 1.807) is 4.68 Å². The van der Waals surface area contributed by atoms with Crippen LogP contribution in [0.15, 0.2) is 24.3 Å². The zero-order valence-electron chi connectivity index (χ0n) is 11.0. The van der Waals surface area contributed by atoms with Crippen LogP contribution in [0.5, 0.6) is 0 Å². The number of benzene rings is 1. The van der Waals surface area contributed by atoms with E-state index in [1.165, 1.54) is 0 Å². The molecule has 2 aromatic rings. The Morgan fingerprint density at radius 1 is 1.32 bits per heavy atom. The van der Waals surface area contributed by atoms with Gasteiger partial charge in [-0.3, -0.25) is 4.68 Å². The number of nitrogens with zero attached hydrogens (tertiary/aromatic N) is 2. The highest BCUT2D eigenvalue weighted by Gasteiger charge is 2.15. The van der Waals surface area contributed by atoms with Gasteiger partial charge >= 0.3 is 0 Å². The second-order valence-electron chi connectivity index (χ2n) is 4.77. The molecule has 3 nitrogen and oxygen atoms in total. The van der Waals surface area contributed by atoms with Crippen LogP contribution in [0.1, 0.15) is 17.0 Å². The van der Waals surface area contributed by atoms with Crippen LogP contribution in [-0.2, 0) is 19.9 Å². The Hall–Kier alpha value is -1.03. The number of aryl methyl sites for hydroxylation is 2. The standard InChI is InChI=1S/C14H17Cl2N3/c1-9-14(16)13(19(2)18-9)8-12(17)7-10-4-3-5-11(15)6-10/h3-6,12H,7-8,17H2,1-2H3. The third kappa shape index (κ3) is 3.50. The molecule has 19 heavy (non-hydrogen) atoms. The molecule has 0 saturated heterocycles. The van der Waals surface area contributed by atoms with E-state index in [0.29, 0.717) is 11.4 Å². The minimum atomic E-state index is -0.00855. The predicted octanol–water partition coefficient (Wildman–Crippen LogP) is 3.15. The van der Waals surface area contributed by atoms with Crippen LogP contribution >= 0.6 is 23.2 Å². The van der Waals surface area contributed by atoms with E-state index in [0.717, 1.165) is 28.4 Å². The summed E-state index contributed by atoms with van der Waals surface area (Å²) in [6.07, 6.45) is 1.46. The SMILES string of the molecule is Cc1nn(C)c(CC(N)Cc2cccc(Cl)c2)c1Cl. The van der Waals surface area contributed by atoms with E-state index >= 15 is 0 Å². The lowest BCUT2D eigenvalue weighted by Crippen LogP contribution is -2.26. The Morgan fingerprint density at radius 2 is 2.05 bits per heavy atom. The average molecular weight is 298 g/mol. The van der Waals surface area contributed by atoms with E-state index in [1.807, 2.05) is 38.2 Å². The number of nitrogens with two attached hydrogens (primary N) is 1. The van der Waals surface area contributed by atoms with Gasteiger partial charge in [-0.15, -0.1) is 0 Å². The maximum absolute atomic E-state index is 6.23. The normalized spacial score (nSPS) is 12.7. The first-order chi connectivity index (χ1) is 8.97. The molecule has 1 aromatic heterocycles. The van der Waals surface area contributed by atoms with Gasteiger partial charge in [-0.25, -0.2) is 0 Å². The topological polar surface area (TPSA) is 43.8 Å². The van der Waals surface area contributed by atoms with Crippen molar-refractivity contribution in [2.75, 3.05) is 0 Å². The molecular weight excluding hydrogens is 281 g/mol. The smallest absolute Gasteiger partial charge is 0.0847 e. The summed E-state index contributed by atoms with van der Waals surface area (Å²) in [6.45, 7) is 1.90. The fourth-order valence-electron chi connectivity index (χ4n) is 2.19. The quantitative estimate of drug-likeness (QED) is 0.942. The van der Waals surface area contributed by atoms with Gasteiger partial charge in [-0.2, -0.15) is 5.10 Å². The average Bonchev–Trinajstić information content (AvgIpc) is 2.56.